The molecule has 0 spiro atoms. The normalized spacial score (nSPS) is 21.0. The van der Waals surface area contributed by atoms with Gasteiger partial charge in [-0.15, -0.1) is 0 Å². The minimum Gasteiger partial charge on any atom is -0.381 e. The van der Waals surface area contributed by atoms with E-state index in [1.807, 2.05) is 0 Å². The molecule has 27 heavy (non-hydrogen) atoms. The summed E-state index contributed by atoms with van der Waals surface area (Å²) in [6.45, 7) is 3.98. The van der Waals surface area contributed by atoms with E-state index in [0.717, 1.165) is 25.9 Å². The Morgan fingerprint density at radius 3 is 2.48 bits per heavy atom. The van der Waals surface area contributed by atoms with Crippen molar-refractivity contribution in [2.75, 3.05) is 32.8 Å². The number of benzene rings is 1. The molecular formula is C18H26ClN3O4S. The Kier molecular flexibility index (Phi) is 6.43. The van der Waals surface area contributed by atoms with E-state index in [-0.39, 0.29) is 26.9 Å². The number of ether oxygens (including phenoxy) is 1. The van der Waals surface area contributed by atoms with Crippen LogP contribution in [-0.2, 0) is 14.8 Å². The highest BCUT2D eigenvalue weighted by molar-refractivity contribution is 7.89. The zero-order chi connectivity index (χ0) is 19.5. The van der Waals surface area contributed by atoms with E-state index < -0.39 is 10.0 Å². The SMILES string of the molecule is NS(=O)(=O)c1ccc(C(=O)NCC2(N3CCCCC3)CCOCC2)c(Cl)c1. The Labute approximate surface area is 165 Å². The molecule has 3 rings (SSSR count). The average Bonchev–Trinajstić information content (AvgIpc) is 2.67. The van der Waals surface area contributed by atoms with E-state index in [2.05, 4.69) is 10.2 Å². The molecule has 2 saturated heterocycles. The van der Waals surface area contributed by atoms with Crippen LogP contribution in [0, 0.1) is 0 Å². The van der Waals surface area contributed by atoms with Crippen molar-refractivity contribution in [3.63, 3.8) is 0 Å². The largest absolute Gasteiger partial charge is 0.381 e. The number of hydrogen-bond donors (Lipinski definition) is 2. The summed E-state index contributed by atoms with van der Waals surface area (Å²) in [5, 5.41) is 8.18. The van der Waals surface area contributed by atoms with E-state index in [4.69, 9.17) is 21.5 Å². The molecule has 150 valence electrons. The predicted molar refractivity (Wildman–Crippen MR) is 103 cm³/mol. The summed E-state index contributed by atoms with van der Waals surface area (Å²) in [5.41, 5.74) is 0.145. The predicted octanol–water partition coefficient (Wildman–Crippen LogP) is 1.75. The molecule has 2 aliphatic rings. The smallest absolute Gasteiger partial charge is 0.252 e. The van der Waals surface area contributed by atoms with Gasteiger partial charge in [0, 0.05) is 25.3 Å². The molecule has 0 radical (unpaired) electrons. The minimum atomic E-state index is -3.86. The van der Waals surface area contributed by atoms with Crippen LogP contribution >= 0.6 is 11.6 Å². The molecule has 2 aliphatic heterocycles. The van der Waals surface area contributed by atoms with Crippen molar-refractivity contribution in [2.24, 2.45) is 5.14 Å². The van der Waals surface area contributed by atoms with Gasteiger partial charge in [-0.3, -0.25) is 9.69 Å². The highest BCUT2D eigenvalue weighted by atomic mass is 35.5. The van der Waals surface area contributed by atoms with Crippen LogP contribution < -0.4 is 10.5 Å². The van der Waals surface area contributed by atoms with Crippen LogP contribution in [0.2, 0.25) is 5.02 Å². The number of primary sulfonamides is 1. The molecule has 0 bridgehead atoms. The molecule has 0 saturated carbocycles. The lowest BCUT2D eigenvalue weighted by molar-refractivity contribution is -0.0349. The molecule has 1 amide bonds. The van der Waals surface area contributed by atoms with Gasteiger partial charge in [-0.2, -0.15) is 0 Å². The Hall–Kier alpha value is -1.19. The number of amides is 1. The van der Waals surface area contributed by atoms with Gasteiger partial charge in [0.25, 0.3) is 5.91 Å². The second kappa shape index (κ2) is 8.45. The van der Waals surface area contributed by atoms with Gasteiger partial charge in [-0.05, 0) is 57.0 Å². The van der Waals surface area contributed by atoms with Crippen LogP contribution in [0.15, 0.2) is 23.1 Å². The van der Waals surface area contributed by atoms with Crippen LogP contribution in [0.25, 0.3) is 0 Å². The molecule has 7 nitrogen and oxygen atoms in total. The lowest BCUT2D eigenvalue weighted by Gasteiger charge is -2.48. The lowest BCUT2D eigenvalue weighted by atomic mass is 9.86. The molecule has 0 aromatic heterocycles. The maximum absolute atomic E-state index is 12.7. The van der Waals surface area contributed by atoms with Crippen molar-refractivity contribution in [3.8, 4) is 0 Å². The molecule has 0 unspecified atom stereocenters. The van der Waals surface area contributed by atoms with Gasteiger partial charge >= 0.3 is 0 Å². The number of nitrogens with two attached hydrogens (primary N) is 1. The second-order valence-electron chi connectivity index (χ2n) is 7.25. The first-order valence-corrected chi connectivity index (χ1v) is 11.2. The van der Waals surface area contributed by atoms with Gasteiger partial charge in [-0.25, -0.2) is 13.6 Å². The zero-order valence-electron chi connectivity index (χ0n) is 15.2. The Morgan fingerprint density at radius 1 is 1.22 bits per heavy atom. The number of nitrogens with one attached hydrogen (secondary N) is 1. The van der Waals surface area contributed by atoms with Gasteiger partial charge in [0.1, 0.15) is 0 Å². The van der Waals surface area contributed by atoms with Crippen LogP contribution in [-0.4, -0.2) is 57.6 Å². The van der Waals surface area contributed by atoms with Gasteiger partial charge in [-0.1, -0.05) is 18.0 Å². The molecule has 1 aromatic carbocycles. The number of likely N-dealkylation sites (tertiary alicyclic amines) is 1. The summed E-state index contributed by atoms with van der Waals surface area (Å²) < 4.78 is 28.4. The zero-order valence-corrected chi connectivity index (χ0v) is 16.8. The molecule has 9 heteroatoms. The van der Waals surface area contributed by atoms with E-state index in [9.17, 15) is 13.2 Å². The van der Waals surface area contributed by atoms with E-state index in [0.29, 0.717) is 19.8 Å². The van der Waals surface area contributed by atoms with Crippen molar-refractivity contribution in [1.82, 2.24) is 10.2 Å². The topological polar surface area (TPSA) is 102 Å². The number of carbonyl (C=O) groups excluding carboxylic acids is 1. The fourth-order valence-electron chi connectivity index (χ4n) is 3.92. The summed E-state index contributed by atoms with van der Waals surface area (Å²) in [6, 6.07) is 3.90. The standard InChI is InChI=1S/C18H26ClN3O4S/c19-16-12-14(27(20,24)25)4-5-15(16)17(23)21-13-18(6-10-26-11-7-18)22-8-2-1-3-9-22/h4-5,12H,1-3,6-11,13H2,(H,21,23)(H2,20,24,25). The number of halogens is 1. The number of carbonyl (C=O) groups is 1. The maximum atomic E-state index is 12.7. The highest BCUT2D eigenvalue weighted by Gasteiger charge is 2.39. The van der Waals surface area contributed by atoms with Gasteiger partial charge < -0.3 is 10.1 Å². The fourth-order valence-corrected chi connectivity index (χ4v) is 4.79. The third-order valence-electron chi connectivity index (χ3n) is 5.54. The third-order valence-corrected chi connectivity index (χ3v) is 6.77. The third kappa shape index (κ3) is 4.81. The number of nitrogens with zero attached hydrogens (tertiary/aromatic N) is 1. The second-order valence-corrected chi connectivity index (χ2v) is 9.22. The first-order valence-electron chi connectivity index (χ1n) is 9.25. The summed E-state index contributed by atoms with van der Waals surface area (Å²) >= 11 is 6.12. The van der Waals surface area contributed by atoms with Crippen molar-refractivity contribution in [2.45, 2.75) is 42.5 Å². The highest BCUT2D eigenvalue weighted by Crippen LogP contribution is 2.30. The van der Waals surface area contributed by atoms with E-state index >= 15 is 0 Å². The Morgan fingerprint density at radius 2 is 1.89 bits per heavy atom. The molecule has 3 N–H and O–H groups in total. The van der Waals surface area contributed by atoms with E-state index in [1.165, 1.54) is 37.5 Å². The van der Waals surface area contributed by atoms with Crippen molar-refractivity contribution in [3.05, 3.63) is 28.8 Å². The average molecular weight is 416 g/mol. The molecular weight excluding hydrogens is 390 g/mol. The summed E-state index contributed by atoms with van der Waals surface area (Å²) in [5.74, 6) is -0.316. The van der Waals surface area contributed by atoms with Gasteiger partial charge in [0.2, 0.25) is 10.0 Å². The van der Waals surface area contributed by atoms with E-state index in [1.54, 1.807) is 0 Å². The van der Waals surface area contributed by atoms with Gasteiger partial charge in [0.05, 0.1) is 15.5 Å². The van der Waals surface area contributed by atoms with Crippen molar-refractivity contribution in [1.29, 1.82) is 0 Å². The first kappa shape index (κ1) is 20.5. The number of hydrogen-bond acceptors (Lipinski definition) is 5. The molecule has 0 aliphatic carbocycles. The monoisotopic (exact) mass is 415 g/mol. The first-order chi connectivity index (χ1) is 12.8. The molecule has 2 heterocycles. The van der Waals surface area contributed by atoms with Crippen LogP contribution in [0.4, 0.5) is 0 Å². The van der Waals surface area contributed by atoms with Gasteiger partial charge in [0.15, 0.2) is 0 Å². The van der Waals surface area contributed by atoms with Crippen molar-refractivity contribution >= 4 is 27.5 Å². The van der Waals surface area contributed by atoms with Crippen LogP contribution in [0.3, 0.4) is 0 Å². The maximum Gasteiger partial charge on any atom is 0.252 e. The molecule has 2 fully saturated rings. The fraction of sp³-hybridized carbons (Fsp3) is 0.611. The quantitative estimate of drug-likeness (QED) is 0.762. The summed E-state index contributed by atoms with van der Waals surface area (Å²) in [7, 11) is -3.86. The Bertz CT molecular complexity index is 788. The summed E-state index contributed by atoms with van der Waals surface area (Å²) in [4.78, 5) is 15.0. The lowest BCUT2D eigenvalue weighted by Crippen LogP contribution is -2.59. The minimum absolute atomic E-state index is 0.0676. The molecule has 1 aromatic rings. The Balaban J connectivity index is 1.72. The van der Waals surface area contributed by atoms with Crippen molar-refractivity contribution < 1.29 is 17.9 Å². The molecule has 0 atom stereocenters. The van der Waals surface area contributed by atoms with Crippen LogP contribution in [0.1, 0.15) is 42.5 Å². The summed E-state index contributed by atoms with van der Waals surface area (Å²) in [6.07, 6.45) is 5.37. The number of rotatable bonds is 5. The van der Waals surface area contributed by atoms with Crippen LogP contribution in [0.5, 0.6) is 0 Å². The number of piperidine rings is 1. The number of sulfonamides is 1.